The number of halogens is 20. The number of hydrogen-bond acceptors (Lipinski definition) is 0. The van der Waals surface area contributed by atoms with Crippen molar-refractivity contribution in [3.63, 3.8) is 0 Å². The maximum Gasteiger partial charge on any atom is 0.200 e. The molecule has 2 aliphatic heterocycles. The van der Waals surface area contributed by atoms with Crippen molar-refractivity contribution >= 4 is 28.0 Å². The van der Waals surface area contributed by atoms with Gasteiger partial charge in [-0.15, -0.1) is 21.9 Å². The first-order chi connectivity index (χ1) is 28.5. The molecule has 0 atom stereocenters. The second-order valence-electron chi connectivity index (χ2n) is 14.4. The third-order valence-electron chi connectivity index (χ3n) is 11.4. The molecule has 61 heavy (non-hydrogen) atoms. The van der Waals surface area contributed by atoms with Crippen molar-refractivity contribution in [3.05, 3.63) is 136 Å². The molecule has 1 aliphatic carbocycles. The summed E-state index contributed by atoms with van der Waals surface area (Å²) < 4.78 is 303. The largest absolute Gasteiger partial charge is 0.207 e. The Balaban J connectivity index is 0.000000321. The van der Waals surface area contributed by atoms with Crippen molar-refractivity contribution in [1.29, 1.82) is 0 Å². The van der Waals surface area contributed by atoms with Crippen LogP contribution in [-0.2, 0) is 0 Å². The van der Waals surface area contributed by atoms with E-state index in [-0.39, 0.29) is 0 Å². The van der Waals surface area contributed by atoms with Gasteiger partial charge in [0, 0.05) is 0 Å². The Morgan fingerprint density at radius 2 is 0.508 bits per heavy atom. The molecule has 4 aromatic carbocycles. The fourth-order valence-electron chi connectivity index (χ4n) is 8.66. The summed E-state index contributed by atoms with van der Waals surface area (Å²) in [6.07, 6.45) is 10.8. The van der Waals surface area contributed by atoms with Gasteiger partial charge in [0.25, 0.3) is 0 Å². The third kappa shape index (κ3) is 6.90. The van der Waals surface area contributed by atoms with Gasteiger partial charge in [0.05, 0.1) is 0 Å². The summed E-state index contributed by atoms with van der Waals surface area (Å²) in [4.78, 5) is 0. The molecule has 2 heterocycles. The molecule has 0 N–H and O–H groups in total. The molecule has 0 bridgehead atoms. The van der Waals surface area contributed by atoms with E-state index in [0.29, 0.717) is 0 Å². The molecule has 0 saturated carbocycles. The topological polar surface area (TPSA) is 0 Å². The summed E-state index contributed by atoms with van der Waals surface area (Å²) in [5, 5.41) is 0. The molecule has 1 spiro atoms. The summed E-state index contributed by atoms with van der Waals surface area (Å²) in [7, 11) is 0. The van der Waals surface area contributed by atoms with Crippen LogP contribution in [0.3, 0.4) is 0 Å². The SMILES string of the molecule is C1=CC[C]([Gd]23([CH2]CCC[CH2]2)[CH2]CCC[CH2]3)=C1.Fc1c(F)c(F)c([B-](c2c(F)c(F)c(F)c(F)c2F)(c2c(F)c(F)c(F)c(F)c2F)c2c(F)c(F)c(F)c(F)c2F)c(F)c1F. The molecular weight excluding hydrogens is 1020 g/mol. The normalized spacial score (nSPS) is 17.8. The second kappa shape index (κ2) is 16.8. The van der Waals surface area contributed by atoms with Gasteiger partial charge < -0.3 is 0 Å². The number of allylic oxidation sites excluding steroid dienone is 4. The number of hydrogen-bond donors (Lipinski definition) is 0. The van der Waals surface area contributed by atoms with Gasteiger partial charge >= 0.3 is 103 Å². The van der Waals surface area contributed by atoms with Gasteiger partial charge in [-0.3, -0.25) is 0 Å². The first-order valence-electron chi connectivity index (χ1n) is 17.8. The van der Waals surface area contributed by atoms with Crippen LogP contribution in [0, 0.1) is 146 Å². The zero-order valence-corrected chi connectivity index (χ0v) is 32.8. The van der Waals surface area contributed by atoms with Crippen LogP contribution in [0.5, 0.6) is 0 Å². The summed E-state index contributed by atoms with van der Waals surface area (Å²) in [5.74, 6) is -71.4. The smallest absolute Gasteiger partial charge is 0.200 e. The molecule has 0 radical (unpaired) electrons. The number of rotatable bonds is 5. The summed E-state index contributed by atoms with van der Waals surface area (Å²) in [6.45, 7) is 0. The Hall–Kier alpha value is -3.65. The zero-order valence-electron chi connectivity index (χ0n) is 30.5. The molecule has 22 heteroatoms. The molecule has 0 aromatic heterocycles. The molecule has 4 aromatic rings. The van der Waals surface area contributed by atoms with Gasteiger partial charge in [0.15, 0.2) is 69.8 Å². The fourth-order valence-corrected chi connectivity index (χ4v) is 28.5. The van der Waals surface area contributed by atoms with Gasteiger partial charge in [0.1, 0.15) is 52.7 Å². The van der Waals surface area contributed by atoms with E-state index in [0.717, 1.165) is 0 Å². The van der Waals surface area contributed by atoms with Crippen molar-refractivity contribution in [2.75, 3.05) is 0 Å². The van der Waals surface area contributed by atoms with E-state index in [1.54, 1.807) is 34.5 Å². The van der Waals surface area contributed by atoms with Gasteiger partial charge in [-0.2, -0.15) is 0 Å². The average molecular weight is 1040 g/mol. The molecule has 0 amide bonds. The third-order valence-corrected chi connectivity index (χ3v) is 31.5. The van der Waals surface area contributed by atoms with Crippen LogP contribution in [-0.4, -0.2) is 6.15 Å². The van der Waals surface area contributed by atoms with E-state index in [4.69, 9.17) is 0 Å². The molecular formula is C39H25BF20Gd-. The Labute approximate surface area is 333 Å². The predicted octanol–water partition coefficient (Wildman–Crippen LogP) is 11.4. The maximum absolute atomic E-state index is 15.4. The second-order valence-corrected chi connectivity index (χ2v) is 30.4. The van der Waals surface area contributed by atoms with E-state index in [1.807, 2.05) is 1.35 Å². The van der Waals surface area contributed by atoms with Crippen LogP contribution in [0.15, 0.2) is 19.6 Å². The van der Waals surface area contributed by atoms with Crippen LogP contribution >= 0.6 is 0 Å². The Kier molecular flexibility index (Phi) is 12.9. The van der Waals surface area contributed by atoms with Gasteiger partial charge in [-0.1, -0.05) is 0 Å². The van der Waals surface area contributed by atoms with Crippen LogP contribution in [0.2, 0.25) is 8.80 Å². The minimum Gasteiger partial charge on any atom is -0.207 e. The maximum atomic E-state index is 15.4. The molecule has 2 saturated heterocycles. The van der Waals surface area contributed by atoms with Crippen molar-refractivity contribution in [2.45, 2.75) is 53.7 Å². The van der Waals surface area contributed by atoms with E-state index in [9.17, 15) is 52.7 Å². The molecule has 7 rings (SSSR count). The van der Waals surface area contributed by atoms with E-state index in [1.165, 1.54) is 19.3 Å². The standard InChI is InChI=1S/C24BF20.C5H5.2C5H10.Gd/c26-5-1(6(27)14(35)21(42)13(5)34)25(2-7(28)15(36)22(43)16(37)8(2)29,3-9(30)17(38)23(44)18(39)10(3)31)4-11(32)19(40)24(45)20(41)12(4)33;1-2-4-5-3-1;2*1-3-5-4-2;/h;1-3H,4H2;2*1-5H2;/q-1;;;;. The predicted molar refractivity (Wildman–Crippen MR) is 178 cm³/mol. The van der Waals surface area contributed by atoms with Crippen molar-refractivity contribution < 1.29 is 118 Å². The molecule has 333 valence electrons. The zero-order chi connectivity index (χ0) is 45.3. The van der Waals surface area contributed by atoms with Crippen molar-refractivity contribution in [2.24, 2.45) is 0 Å². The number of benzene rings is 4. The minimum atomic E-state index is -7.22. The minimum absolute atomic E-state index is 1.35. The van der Waals surface area contributed by atoms with E-state index >= 15 is 35.1 Å². The van der Waals surface area contributed by atoms with Crippen LogP contribution < -0.4 is 21.9 Å². The fraction of sp³-hybridized carbons (Fsp3) is 0.282. The summed E-state index contributed by atoms with van der Waals surface area (Å²) in [5.41, 5.74) is -14.3. The molecule has 3 aliphatic rings. The summed E-state index contributed by atoms with van der Waals surface area (Å²) >= 11 is -2.21. The van der Waals surface area contributed by atoms with Crippen LogP contribution in [0.25, 0.3) is 0 Å². The van der Waals surface area contributed by atoms with Crippen LogP contribution in [0.1, 0.15) is 44.9 Å². The summed E-state index contributed by atoms with van der Waals surface area (Å²) in [6, 6.07) is 0. The van der Waals surface area contributed by atoms with Gasteiger partial charge in [0.2, 0.25) is 0 Å². The monoisotopic (exact) mass is 1040 g/mol. The van der Waals surface area contributed by atoms with E-state index < -0.39 is 174 Å². The van der Waals surface area contributed by atoms with E-state index in [2.05, 4.69) is 18.2 Å². The van der Waals surface area contributed by atoms with Crippen molar-refractivity contribution in [1.82, 2.24) is 0 Å². The molecule has 2 fully saturated rings. The molecule has 0 unspecified atom stereocenters. The quantitative estimate of drug-likeness (QED) is 0.0809. The van der Waals surface area contributed by atoms with Crippen molar-refractivity contribution in [3.8, 4) is 0 Å². The Morgan fingerprint density at radius 1 is 0.295 bits per heavy atom. The Morgan fingerprint density at radius 3 is 0.705 bits per heavy atom. The molecule has 0 nitrogen and oxygen atoms in total. The Bertz CT molecular complexity index is 2130. The van der Waals surface area contributed by atoms with Gasteiger partial charge in [-0.05, 0) is 0 Å². The van der Waals surface area contributed by atoms with Crippen LogP contribution in [0.4, 0.5) is 87.8 Å². The first kappa shape index (κ1) is 46.8. The average Bonchev–Trinajstić information content (AvgIpc) is 3.82. The first-order valence-corrected chi connectivity index (χ1v) is 25.4. The van der Waals surface area contributed by atoms with Gasteiger partial charge in [-0.25, -0.2) is 87.8 Å².